The molecule has 132 valence electrons. The Morgan fingerprint density at radius 3 is 3.08 bits per heavy atom. The molecule has 2 aliphatic rings. The second-order valence-electron chi connectivity index (χ2n) is 6.75. The van der Waals surface area contributed by atoms with Crippen LogP contribution in [0.25, 0.3) is 0 Å². The minimum absolute atomic E-state index is 0.0122. The third-order valence-corrected chi connectivity index (χ3v) is 6.00. The van der Waals surface area contributed by atoms with Gasteiger partial charge in [-0.3, -0.25) is 4.79 Å². The van der Waals surface area contributed by atoms with Crippen molar-refractivity contribution >= 4 is 22.1 Å². The molecule has 1 saturated heterocycles. The van der Waals surface area contributed by atoms with Gasteiger partial charge >= 0.3 is 0 Å². The Hall–Kier alpha value is -1.55. The number of hydrogen-bond donors (Lipinski definition) is 2. The van der Waals surface area contributed by atoms with Gasteiger partial charge in [0.2, 0.25) is 10.8 Å². The summed E-state index contributed by atoms with van der Waals surface area (Å²) in [7, 11) is 0.00409. The molecule has 8 nitrogen and oxygen atoms in total. The Balaban J connectivity index is 1.84. The Labute approximate surface area is 143 Å². The van der Waals surface area contributed by atoms with Crippen molar-refractivity contribution < 1.29 is 13.6 Å². The lowest BCUT2D eigenvalue weighted by molar-refractivity contribution is -0.134. The number of sulfonamides is 1. The van der Waals surface area contributed by atoms with Gasteiger partial charge in [0.15, 0.2) is 16.2 Å². The van der Waals surface area contributed by atoms with Crippen LogP contribution in [-0.2, 0) is 19.4 Å². The Kier molecular flexibility index (Phi) is 4.60. The van der Waals surface area contributed by atoms with Crippen molar-refractivity contribution in [2.45, 2.75) is 23.3 Å². The number of carbonyl (C=O) groups is 1. The SMILES string of the molecule is CN(C)CC(=O)N1CCCC2(CNc3ncccc3[S+](=O)([O-])N2)C1. The molecule has 0 radical (unpaired) electrons. The quantitative estimate of drug-likeness (QED) is 0.722. The van der Waals surface area contributed by atoms with Gasteiger partial charge in [-0.15, -0.1) is 4.72 Å². The van der Waals surface area contributed by atoms with E-state index in [4.69, 9.17) is 0 Å². The predicted molar refractivity (Wildman–Crippen MR) is 90.1 cm³/mol. The molecule has 2 aliphatic heterocycles. The molecule has 2 unspecified atom stereocenters. The van der Waals surface area contributed by atoms with Gasteiger partial charge < -0.3 is 19.7 Å². The fourth-order valence-corrected chi connectivity index (χ4v) is 4.87. The molecule has 0 aromatic carbocycles. The van der Waals surface area contributed by atoms with Crippen LogP contribution in [0.15, 0.2) is 23.2 Å². The molecule has 0 saturated carbocycles. The smallest absolute Gasteiger partial charge is 0.236 e. The highest BCUT2D eigenvalue weighted by Gasteiger charge is 2.46. The topological polar surface area (TPSA) is 101 Å². The van der Waals surface area contributed by atoms with Gasteiger partial charge in [0.25, 0.3) is 0 Å². The summed E-state index contributed by atoms with van der Waals surface area (Å²) in [5, 5.41) is 3.14. The zero-order chi connectivity index (χ0) is 17.4. The third kappa shape index (κ3) is 3.44. The number of nitrogens with zero attached hydrogens (tertiary/aromatic N) is 3. The Morgan fingerprint density at radius 1 is 1.54 bits per heavy atom. The van der Waals surface area contributed by atoms with E-state index in [-0.39, 0.29) is 10.8 Å². The highest BCUT2D eigenvalue weighted by atomic mass is 32.3. The molecule has 3 rings (SSSR count). The molecule has 9 heteroatoms. The number of piperidine rings is 1. The zero-order valence-corrected chi connectivity index (χ0v) is 14.8. The number of amides is 1. The lowest BCUT2D eigenvalue weighted by atomic mass is 9.90. The highest BCUT2D eigenvalue weighted by molar-refractivity contribution is 7.96. The van der Waals surface area contributed by atoms with E-state index in [9.17, 15) is 13.6 Å². The van der Waals surface area contributed by atoms with Gasteiger partial charge in [0, 0.05) is 31.9 Å². The standard InChI is InChI=1S/C15H23N5O3S/c1-19(2)9-13(21)20-8-4-6-15(11-20)10-17-14-12(5-3-7-16-14)24(22,23)18-15/h3,5,7H,4,6,8-11H2,1-2H3,(H2-,16,17,18,22,23). The molecule has 1 aromatic heterocycles. The fraction of sp³-hybridized carbons (Fsp3) is 0.600. The van der Waals surface area contributed by atoms with Gasteiger partial charge in [0.1, 0.15) is 0 Å². The number of hydrogen-bond acceptors (Lipinski definition) is 6. The summed E-state index contributed by atoms with van der Waals surface area (Å²) in [6, 6.07) is 3.14. The lowest BCUT2D eigenvalue weighted by Crippen LogP contribution is -2.63. The van der Waals surface area contributed by atoms with Crippen molar-refractivity contribution in [2.24, 2.45) is 0 Å². The van der Waals surface area contributed by atoms with E-state index in [1.165, 1.54) is 6.07 Å². The van der Waals surface area contributed by atoms with Crippen molar-refractivity contribution in [3.8, 4) is 0 Å². The lowest BCUT2D eigenvalue weighted by Gasteiger charge is -2.42. The summed E-state index contributed by atoms with van der Waals surface area (Å²) >= 11 is 0. The first-order valence-electron chi connectivity index (χ1n) is 7.97. The van der Waals surface area contributed by atoms with Crippen LogP contribution < -0.4 is 10.0 Å². The molecule has 1 aromatic rings. The number of rotatable bonds is 2. The zero-order valence-electron chi connectivity index (χ0n) is 13.9. The number of nitrogens with one attached hydrogen (secondary N) is 2. The van der Waals surface area contributed by atoms with E-state index in [1.54, 1.807) is 17.2 Å². The summed E-state index contributed by atoms with van der Waals surface area (Å²) in [6.45, 7) is 1.74. The Morgan fingerprint density at radius 2 is 2.33 bits per heavy atom. The maximum Gasteiger partial charge on any atom is 0.236 e. The largest absolute Gasteiger partial charge is 0.593 e. The van der Waals surface area contributed by atoms with Crippen LogP contribution in [0.2, 0.25) is 0 Å². The average molecular weight is 353 g/mol. The molecule has 0 aliphatic carbocycles. The van der Waals surface area contributed by atoms with E-state index in [0.717, 1.165) is 6.42 Å². The molecule has 1 spiro atoms. The number of fused-ring (bicyclic) bond motifs is 1. The van der Waals surface area contributed by atoms with E-state index in [1.807, 2.05) is 19.0 Å². The molecule has 0 bridgehead atoms. The molecule has 24 heavy (non-hydrogen) atoms. The minimum atomic E-state index is -3.68. The highest BCUT2D eigenvalue weighted by Crippen LogP contribution is 2.32. The second kappa shape index (κ2) is 6.40. The van der Waals surface area contributed by atoms with Gasteiger partial charge in [-0.05, 0) is 33.0 Å². The summed E-state index contributed by atoms with van der Waals surface area (Å²) in [5.41, 5.74) is -0.709. The number of likely N-dealkylation sites (tertiary alicyclic amines) is 1. The number of anilines is 1. The van der Waals surface area contributed by atoms with Crippen LogP contribution in [-0.4, -0.2) is 71.1 Å². The molecule has 2 N–H and O–H groups in total. The van der Waals surface area contributed by atoms with Gasteiger partial charge in [-0.1, -0.05) is 4.21 Å². The van der Waals surface area contributed by atoms with Gasteiger partial charge in [-0.25, -0.2) is 4.98 Å². The normalized spacial score (nSPS) is 29.9. The summed E-state index contributed by atoms with van der Waals surface area (Å²) in [6.07, 6.45) is 3.00. The molecule has 2 atom stereocenters. The maximum absolute atomic E-state index is 12.7. The first-order chi connectivity index (χ1) is 11.3. The van der Waals surface area contributed by atoms with E-state index in [0.29, 0.717) is 38.4 Å². The first kappa shape index (κ1) is 17.3. The number of pyridine rings is 1. The van der Waals surface area contributed by atoms with Crippen LogP contribution in [0, 0.1) is 0 Å². The van der Waals surface area contributed by atoms with Crippen molar-refractivity contribution in [1.29, 1.82) is 0 Å². The number of likely N-dealkylation sites (N-methyl/N-ethyl adjacent to an activating group) is 1. The van der Waals surface area contributed by atoms with Crippen LogP contribution in [0.5, 0.6) is 0 Å². The molecule has 1 fully saturated rings. The van der Waals surface area contributed by atoms with Crippen molar-refractivity contribution in [3.05, 3.63) is 18.3 Å². The van der Waals surface area contributed by atoms with E-state index >= 15 is 0 Å². The third-order valence-electron chi connectivity index (χ3n) is 4.39. The average Bonchev–Trinajstić information content (AvgIpc) is 2.62. The number of carbonyl (C=O) groups excluding carboxylic acids is 1. The van der Waals surface area contributed by atoms with Crippen molar-refractivity contribution in [3.63, 3.8) is 0 Å². The maximum atomic E-state index is 12.7. The van der Waals surface area contributed by atoms with Crippen LogP contribution in [0.1, 0.15) is 12.8 Å². The molecule has 3 heterocycles. The van der Waals surface area contributed by atoms with Crippen LogP contribution in [0.3, 0.4) is 0 Å². The second-order valence-corrected chi connectivity index (χ2v) is 8.40. The molecular formula is C15H23N5O3S. The summed E-state index contributed by atoms with van der Waals surface area (Å²) in [5.74, 6) is 0.372. The monoisotopic (exact) mass is 353 g/mol. The summed E-state index contributed by atoms with van der Waals surface area (Å²) in [4.78, 5) is 20.2. The number of aromatic nitrogens is 1. The van der Waals surface area contributed by atoms with Gasteiger partial charge in [-0.2, -0.15) is 0 Å². The fourth-order valence-electron chi connectivity index (χ4n) is 3.31. The molecular weight excluding hydrogens is 330 g/mol. The van der Waals surface area contributed by atoms with Crippen molar-refractivity contribution in [2.75, 3.05) is 45.6 Å². The van der Waals surface area contributed by atoms with Crippen LogP contribution >= 0.6 is 0 Å². The first-order valence-corrected chi connectivity index (χ1v) is 9.45. The molecule has 1 amide bonds. The van der Waals surface area contributed by atoms with Crippen LogP contribution in [0.4, 0.5) is 5.82 Å². The van der Waals surface area contributed by atoms with E-state index < -0.39 is 15.9 Å². The van der Waals surface area contributed by atoms with E-state index in [2.05, 4.69) is 15.0 Å². The summed E-state index contributed by atoms with van der Waals surface area (Å²) < 4.78 is 28.3. The Bertz CT molecular complexity index is 683. The predicted octanol–water partition coefficient (Wildman–Crippen LogP) is -0.0767. The van der Waals surface area contributed by atoms with Crippen molar-refractivity contribution in [1.82, 2.24) is 19.5 Å². The minimum Gasteiger partial charge on any atom is -0.593 e. The van der Waals surface area contributed by atoms with Gasteiger partial charge in [0.05, 0.1) is 12.1 Å².